The highest BCUT2D eigenvalue weighted by atomic mass is 35.5. The molecule has 0 saturated heterocycles. The molecule has 7 heteroatoms. The quantitative estimate of drug-likeness (QED) is 0.778. The molecule has 112 valence electrons. The first-order chi connectivity index (χ1) is 9.82. The van der Waals surface area contributed by atoms with Crippen molar-refractivity contribution in [3.05, 3.63) is 28.8 Å². The average molecular weight is 310 g/mol. The summed E-state index contributed by atoms with van der Waals surface area (Å²) < 4.78 is 0. The lowest BCUT2D eigenvalue weighted by Crippen LogP contribution is -2.42. The van der Waals surface area contributed by atoms with Gasteiger partial charge in [0.25, 0.3) is 0 Å². The number of urea groups is 1. The van der Waals surface area contributed by atoms with Crippen molar-refractivity contribution < 1.29 is 14.7 Å². The van der Waals surface area contributed by atoms with E-state index in [9.17, 15) is 9.59 Å². The van der Waals surface area contributed by atoms with Crippen LogP contribution in [0.2, 0.25) is 5.02 Å². The van der Waals surface area contributed by atoms with Gasteiger partial charge in [-0.3, -0.25) is 4.79 Å². The molecule has 0 spiro atoms. The van der Waals surface area contributed by atoms with E-state index in [2.05, 4.69) is 10.6 Å². The lowest BCUT2D eigenvalue weighted by molar-refractivity contribution is -0.147. The number of halogens is 1. The first-order valence-electron chi connectivity index (χ1n) is 6.30. The topological polar surface area (TPSA) is 102 Å². The maximum Gasteiger partial charge on any atom is 0.319 e. The van der Waals surface area contributed by atoms with Crippen LogP contribution in [-0.2, 0) is 4.79 Å². The maximum absolute atomic E-state index is 11.7. The Morgan fingerprint density at radius 1 is 1.48 bits per heavy atom. The van der Waals surface area contributed by atoms with Crippen LogP contribution >= 0.6 is 11.6 Å². The summed E-state index contributed by atoms with van der Waals surface area (Å²) >= 11 is 5.85. The normalized spacial score (nSPS) is 12.9. The molecule has 0 radical (unpaired) electrons. The molecular weight excluding hydrogens is 294 g/mol. The molecule has 0 aliphatic carbocycles. The van der Waals surface area contributed by atoms with Crippen LogP contribution in [0.5, 0.6) is 0 Å². The second-order valence-corrected chi connectivity index (χ2v) is 5.24. The van der Waals surface area contributed by atoms with Gasteiger partial charge in [-0.05, 0) is 31.5 Å². The van der Waals surface area contributed by atoms with E-state index in [1.54, 1.807) is 19.9 Å². The third kappa shape index (κ3) is 4.36. The van der Waals surface area contributed by atoms with Gasteiger partial charge in [0, 0.05) is 12.2 Å². The molecule has 0 aliphatic heterocycles. The fourth-order valence-electron chi connectivity index (χ4n) is 1.49. The molecule has 0 fully saturated rings. The van der Waals surface area contributed by atoms with Crippen LogP contribution in [0.15, 0.2) is 18.2 Å². The van der Waals surface area contributed by atoms with Crippen molar-refractivity contribution in [2.45, 2.75) is 20.3 Å². The average Bonchev–Trinajstić information content (AvgIpc) is 2.44. The predicted octanol–water partition coefficient (Wildman–Crippen LogP) is 2.83. The predicted molar refractivity (Wildman–Crippen MR) is 79.2 cm³/mol. The summed E-state index contributed by atoms with van der Waals surface area (Å²) in [6.45, 7) is 3.32. The van der Waals surface area contributed by atoms with Crippen molar-refractivity contribution in [3.63, 3.8) is 0 Å². The van der Waals surface area contributed by atoms with Crippen LogP contribution in [0.25, 0.3) is 0 Å². The second kappa shape index (κ2) is 6.95. The summed E-state index contributed by atoms with van der Waals surface area (Å²) in [5.74, 6) is -0.966. The number of nitrogens with one attached hydrogen (secondary N) is 2. The van der Waals surface area contributed by atoms with Gasteiger partial charge in [0.05, 0.1) is 16.0 Å². The molecular formula is C14H16ClN3O3. The highest BCUT2D eigenvalue weighted by Gasteiger charge is 2.31. The Balaban J connectivity index is 2.65. The van der Waals surface area contributed by atoms with E-state index in [4.69, 9.17) is 22.0 Å². The van der Waals surface area contributed by atoms with E-state index in [1.807, 2.05) is 6.07 Å². The SMILES string of the molecule is CCC(C)(CNC(=O)Nc1ccc(C#N)c(Cl)c1)C(=O)O. The van der Waals surface area contributed by atoms with Crippen LogP contribution in [-0.4, -0.2) is 23.7 Å². The third-order valence-corrected chi connectivity index (χ3v) is 3.60. The Kier molecular flexibility index (Phi) is 5.56. The molecule has 0 aliphatic rings. The zero-order valence-corrected chi connectivity index (χ0v) is 12.5. The maximum atomic E-state index is 11.7. The Labute approximate surface area is 127 Å². The van der Waals surface area contributed by atoms with E-state index in [-0.39, 0.29) is 11.6 Å². The fraction of sp³-hybridized carbons (Fsp3) is 0.357. The number of carboxylic acid groups (broad SMARTS) is 1. The van der Waals surface area contributed by atoms with Crippen LogP contribution in [0.3, 0.4) is 0 Å². The molecule has 21 heavy (non-hydrogen) atoms. The number of carbonyl (C=O) groups is 2. The molecule has 0 aromatic heterocycles. The molecule has 1 aromatic rings. The second-order valence-electron chi connectivity index (χ2n) is 4.83. The van der Waals surface area contributed by atoms with Crippen molar-refractivity contribution in [2.24, 2.45) is 5.41 Å². The number of carbonyl (C=O) groups excluding carboxylic acids is 1. The number of aliphatic carboxylic acids is 1. The summed E-state index contributed by atoms with van der Waals surface area (Å²) in [7, 11) is 0. The molecule has 3 N–H and O–H groups in total. The Morgan fingerprint density at radius 3 is 2.62 bits per heavy atom. The molecule has 6 nitrogen and oxygen atoms in total. The van der Waals surface area contributed by atoms with Gasteiger partial charge in [0.1, 0.15) is 6.07 Å². The third-order valence-electron chi connectivity index (χ3n) is 3.28. The summed E-state index contributed by atoms with van der Waals surface area (Å²) in [6, 6.07) is 5.87. The lowest BCUT2D eigenvalue weighted by atomic mass is 9.88. The Hall–Kier alpha value is -2.26. The minimum Gasteiger partial charge on any atom is -0.481 e. The Morgan fingerprint density at radius 2 is 2.14 bits per heavy atom. The van der Waals surface area contributed by atoms with Gasteiger partial charge in [0.15, 0.2) is 0 Å². The summed E-state index contributed by atoms with van der Waals surface area (Å²) in [5, 5.41) is 23.1. The van der Waals surface area contributed by atoms with E-state index < -0.39 is 17.4 Å². The van der Waals surface area contributed by atoms with Crippen LogP contribution in [0.4, 0.5) is 10.5 Å². The van der Waals surface area contributed by atoms with Crippen LogP contribution in [0, 0.1) is 16.7 Å². The molecule has 2 amide bonds. The molecule has 0 bridgehead atoms. The van der Waals surface area contributed by atoms with E-state index in [0.717, 1.165) is 0 Å². The first kappa shape index (κ1) is 16.8. The van der Waals surface area contributed by atoms with Crippen LogP contribution < -0.4 is 10.6 Å². The molecule has 0 saturated carbocycles. The van der Waals surface area contributed by atoms with Gasteiger partial charge >= 0.3 is 12.0 Å². The smallest absolute Gasteiger partial charge is 0.319 e. The van der Waals surface area contributed by atoms with Gasteiger partial charge in [-0.15, -0.1) is 0 Å². The number of carboxylic acids is 1. The fourth-order valence-corrected chi connectivity index (χ4v) is 1.71. The number of benzene rings is 1. The first-order valence-corrected chi connectivity index (χ1v) is 6.68. The van der Waals surface area contributed by atoms with Gasteiger partial charge in [-0.1, -0.05) is 18.5 Å². The van der Waals surface area contributed by atoms with Crippen molar-refractivity contribution in [2.75, 3.05) is 11.9 Å². The largest absolute Gasteiger partial charge is 0.481 e. The van der Waals surface area contributed by atoms with Gasteiger partial charge in [-0.25, -0.2) is 4.79 Å². The molecule has 1 aromatic carbocycles. The van der Waals surface area contributed by atoms with Crippen molar-refractivity contribution in [1.82, 2.24) is 5.32 Å². The van der Waals surface area contributed by atoms with E-state index >= 15 is 0 Å². The van der Waals surface area contributed by atoms with Gasteiger partial charge in [0.2, 0.25) is 0 Å². The van der Waals surface area contributed by atoms with Gasteiger partial charge < -0.3 is 15.7 Å². The zero-order chi connectivity index (χ0) is 16.0. The molecule has 1 atom stereocenters. The highest BCUT2D eigenvalue weighted by molar-refractivity contribution is 6.32. The molecule has 1 rings (SSSR count). The number of anilines is 1. The summed E-state index contributed by atoms with van der Waals surface area (Å²) in [6.07, 6.45) is 0.394. The van der Waals surface area contributed by atoms with Crippen molar-refractivity contribution in [3.8, 4) is 6.07 Å². The number of nitriles is 1. The summed E-state index contributed by atoms with van der Waals surface area (Å²) in [5.41, 5.74) is -0.281. The standard InChI is InChI=1S/C14H16ClN3O3/c1-3-14(2,12(19)20)8-17-13(21)18-10-5-4-9(7-16)11(15)6-10/h4-6H,3,8H2,1-2H3,(H,19,20)(H2,17,18,21). The minimum absolute atomic E-state index is 0.00861. The van der Waals surface area contributed by atoms with E-state index in [1.165, 1.54) is 12.1 Å². The Bertz CT molecular complexity index is 598. The number of hydrogen-bond acceptors (Lipinski definition) is 3. The zero-order valence-electron chi connectivity index (χ0n) is 11.7. The number of rotatable bonds is 5. The highest BCUT2D eigenvalue weighted by Crippen LogP contribution is 2.21. The van der Waals surface area contributed by atoms with Crippen LogP contribution in [0.1, 0.15) is 25.8 Å². The van der Waals surface area contributed by atoms with Crippen molar-refractivity contribution in [1.29, 1.82) is 5.26 Å². The molecule has 1 unspecified atom stereocenters. The van der Waals surface area contributed by atoms with E-state index in [0.29, 0.717) is 17.7 Å². The monoisotopic (exact) mass is 309 g/mol. The van der Waals surface area contributed by atoms with Crippen molar-refractivity contribution >= 4 is 29.3 Å². The minimum atomic E-state index is -1.01. The number of nitrogens with zero attached hydrogens (tertiary/aromatic N) is 1. The molecule has 0 heterocycles. The lowest BCUT2D eigenvalue weighted by Gasteiger charge is -2.23. The number of amides is 2. The van der Waals surface area contributed by atoms with Gasteiger partial charge in [-0.2, -0.15) is 5.26 Å². The summed E-state index contributed by atoms with van der Waals surface area (Å²) in [4.78, 5) is 22.9. The number of hydrogen-bond donors (Lipinski definition) is 3.